The van der Waals surface area contributed by atoms with Crippen LogP contribution >= 0.6 is 11.6 Å². The predicted octanol–water partition coefficient (Wildman–Crippen LogP) is -2.59. The molecule has 28 heavy (non-hydrogen) atoms. The first-order valence-corrected chi connectivity index (χ1v) is 8.35. The Labute approximate surface area is 166 Å². The van der Waals surface area contributed by atoms with Crippen LogP contribution < -0.4 is 44.2 Å². The third-order valence-electron chi connectivity index (χ3n) is 3.70. The van der Waals surface area contributed by atoms with Crippen LogP contribution in [-0.2, 0) is 0 Å². The molecule has 0 saturated heterocycles. The van der Waals surface area contributed by atoms with Gasteiger partial charge in [-0.25, -0.2) is 41.3 Å². The minimum atomic E-state index is -1.14. The van der Waals surface area contributed by atoms with E-state index in [2.05, 4.69) is 15.3 Å². The van der Waals surface area contributed by atoms with Crippen molar-refractivity contribution in [3.63, 3.8) is 0 Å². The summed E-state index contributed by atoms with van der Waals surface area (Å²) in [5, 5.41) is 2.95. The number of rotatable bonds is 8. The molecule has 0 aromatic carbocycles. The molecule has 0 aliphatic carbocycles. The van der Waals surface area contributed by atoms with E-state index < -0.39 is 40.5 Å². The maximum absolute atomic E-state index is 12.5. The summed E-state index contributed by atoms with van der Waals surface area (Å²) in [6, 6.07) is -2.25. The summed E-state index contributed by atoms with van der Waals surface area (Å²) < 4.78 is 0.569. The number of hydrogen-bond donors (Lipinski definition) is 6. The number of nitrogens with one attached hydrogen (secondary N) is 1. The van der Waals surface area contributed by atoms with Gasteiger partial charge in [-0.2, -0.15) is 0 Å². The first-order valence-electron chi connectivity index (χ1n) is 7.97. The van der Waals surface area contributed by atoms with Gasteiger partial charge in [-0.3, -0.25) is 4.79 Å². The number of urea groups is 2. The van der Waals surface area contributed by atoms with E-state index in [0.717, 1.165) is 0 Å². The van der Waals surface area contributed by atoms with Gasteiger partial charge in [0.15, 0.2) is 22.5 Å². The highest BCUT2D eigenvalue weighted by molar-refractivity contribution is 6.32. The number of amides is 5. The summed E-state index contributed by atoms with van der Waals surface area (Å²) in [5.74, 6) is 9.40. The van der Waals surface area contributed by atoms with Gasteiger partial charge in [-0.15, -0.1) is 0 Å². The second-order valence-electron chi connectivity index (χ2n) is 6.35. The average Bonchev–Trinajstić information content (AvgIpc) is 2.59. The lowest BCUT2D eigenvalue weighted by atomic mass is 10.3. The van der Waals surface area contributed by atoms with E-state index in [1.54, 1.807) is 0 Å². The molecule has 1 aromatic heterocycles. The molecule has 0 fully saturated rings. The molecule has 0 bridgehead atoms. The number of nitrogens with two attached hydrogens (primary N) is 5. The zero-order valence-corrected chi connectivity index (χ0v) is 16.3. The summed E-state index contributed by atoms with van der Waals surface area (Å²) in [5.41, 5.74) is 15.3. The number of halogens is 1. The topological polar surface area (TPSA) is 226 Å². The van der Waals surface area contributed by atoms with Crippen LogP contribution in [0, 0.1) is 0 Å². The van der Waals surface area contributed by atoms with Gasteiger partial charge in [-0.05, 0) is 0 Å². The normalized spacial score (nSPS) is 11.1. The molecule has 5 amide bonds. The van der Waals surface area contributed by atoms with Crippen LogP contribution in [-0.4, -0.2) is 72.7 Å². The number of primary amides is 2. The zero-order valence-electron chi connectivity index (χ0n) is 15.6. The molecule has 0 atom stereocenters. The third-order valence-corrected chi connectivity index (χ3v) is 3.96. The fourth-order valence-electron chi connectivity index (χ4n) is 2.10. The van der Waals surface area contributed by atoms with Crippen molar-refractivity contribution in [2.75, 3.05) is 50.3 Å². The van der Waals surface area contributed by atoms with Crippen LogP contribution in [0.25, 0.3) is 0 Å². The van der Waals surface area contributed by atoms with Crippen LogP contribution in [0.15, 0.2) is 0 Å². The van der Waals surface area contributed by atoms with Crippen molar-refractivity contribution in [1.29, 1.82) is 0 Å². The molecule has 0 aliphatic rings. The first-order chi connectivity index (χ1) is 12.9. The molecule has 1 heterocycles. The van der Waals surface area contributed by atoms with Gasteiger partial charge in [0.05, 0.1) is 33.7 Å². The number of hydrazine groups is 2. The number of carbonyl (C=O) groups is 3. The standard InChI is InChI=1S/C13H24ClN11O3/c1-25(2,5-3-15)6-4-20-11(26)7-9(23(18)12(16)27)22-10(8(14)21-7)24(19)13(17)28/h3-6,15,18-19H2,1-2H3,(H4-,16,17,20,26,27,28)/p+1. The van der Waals surface area contributed by atoms with Crippen molar-refractivity contribution in [3.05, 3.63) is 10.8 Å². The lowest BCUT2D eigenvalue weighted by Gasteiger charge is -2.29. The van der Waals surface area contributed by atoms with Gasteiger partial charge in [-0.1, -0.05) is 11.6 Å². The highest BCUT2D eigenvalue weighted by Gasteiger charge is 2.27. The number of aromatic nitrogens is 2. The summed E-state index contributed by atoms with van der Waals surface area (Å²) in [7, 11) is 3.90. The zero-order chi connectivity index (χ0) is 21.6. The van der Waals surface area contributed by atoms with E-state index in [0.29, 0.717) is 34.1 Å². The van der Waals surface area contributed by atoms with E-state index in [-0.39, 0.29) is 6.54 Å². The van der Waals surface area contributed by atoms with Crippen LogP contribution in [0.4, 0.5) is 21.2 Å². The lowest BCUT2D eigenvalue weighted by molar-refractivity contribution is -0.887. The van der Waals surface area contributed by atoms with Crippen molar-refractivity contribution < 1.29 is 18.9 Å². The second-order valence-corrected chi connectivity index (χ2v) is 6.71. The summed E-state index contributed by atoms with van der Waals surface area (Å²) >= 11 is 5.94. The minimum absolute atomic E-state index is 0.262. The maximum atomic E-state index is 12.5. The Balaban J connectivity index is 3.18. The van der Waals surface area contributed by atoms with Crippen molar-refractivity contribution in [3.8, 4) is 0 Å². The SMILES string of the molecule is C[N+](C)(CCN)CCNC(=O)c1nc(Cl)c(N(N)C(N)=O)nc1N(N)C(N)=O. The molecule has 0 spiro atoms. The van der Waals surface area contributed by atoms with Gasteiger partial charge in [0.25, 0.3) is 5.91 Å². The largest absolute Gasteiger partial charge is 0.350 e. The van der Waals surface area contributed by atoms with E-state index in [4.69, 9.17) is 40.5 Å². The lowest BCUT2D eigenvalue weighted by Crippen LogP contribution is -2.48. The molecule has 1 rings (SSSR count). The van der Waals surface area contributed by atoms with Crippen molar-refractivity contribution in [1.82, 2.24) is 15.3 Å². The van der Waals surface area contributed by atoms with E-state index in [1.165, 1.54) is 0 Å². The number of nitrogens with zero attached hydrogens (tertiary/aromatic N) is 5. The van der Waals surface area contributed by atoms with Crippen LogP contribution in [0.3, 0.4) is 0 Å². The van der Waals surface area contributed by atoms with Gasteiger partial charge >= 0.3 is 12.1 Å². The average molecular weight is 419 g/mol. The molecule has 0 radical (unpaired) electrons. The Bertz CT molecular complexity index is 757. The summed E-state index contributed by atoms with van der Waals surface area (Å²) in [4.78, 5) is 42.9. The fourth-order valence-corrected chi connectivity index (χ4v) is 2.31. The number of quaternary nitrogens is 1. The highest BCUT2D eigenvalue weighted by atomic mass is 35.5. The first kappa shape index (κ1) is 23.3. The summed E-state index contributed by atoms with van der Waals surface area (Å²) in [6.07, 6.45) is 0. The molecule has 0 unspecified atom stereocenters. The Morgan fingerprint density at radius 1 is 1.04 bits per heavy atom. The Morgan fingerprint density at radius 2 is 1.57 bits per heavy atom. The molecule has 0 aliphatic heterocycles. The van der Waals surface area contributed by atoms with Gasteiger partial charge < -0.3 is 27.0 Å². The van der Waals surface area contributed by atoms with Crippen LogP contribution in [0.5, 0.6) is 0 Å². The molecule has 14 nitrogen and oxygen atoms in total. The van der Waals surface area contributed by atoms with Gasteiger partial charge in [0.1, 0.15) is 0 Å². The molecule has 0 saturated carbocycles. The Hall–Kier alpha value is -2.78. The Morgan fingerprint density at radius 3 is 2.07 bits per heavy atom. The van der Waals surface area contributed by atoms with Crippen molar-refractivity contribution >= 4 is 41.2 Å². The summed E-state index contributed by atoms with van der Waals surface area (Å²) in [6.45, 7) is 2.03. The Kier molecular flexibility index (Phi) is 7.83. The molecule has 11 N–H and O–H groups in total. The molecular weight excluding hydrogens is 394 g/mol. The second kappa shape index (κ2) is 9.43. The molecule has 15 heteroatoms. The van der Waals surface area contributed by atoms with Crippen molar-refractivity contribution in [2.45, 2.75) is 0 Å². The van der Waals surface area contributed by atoms with Gasteiger partial charge in [0.2, 0.25) is 0 Å². The van der Waals surface area contributed by atoms with Crippen LogP contribution in [0.1, 0.15) is 10.5 Å². The molecule has 156 valence electrons. The van der Waals surface area contributed by atoms with Crippen LogP contribution in [0.2, 0.25) is 5.15 Å². The molecular formula is C13H25ClN11O3+. The minimum Gasteiger partial charge on any atom is -0.350 e. The monoisotopic (exact) mass is 418 g/mol. The van der Waals surface area contributed by atoms with Crippen molar-refractivity contribution in [2.24, 2.45) is 28.9 Å². The highest BCUT2D eigenvalue weighted by Crippen LogP contribution is 2.25. The number of likely N-dealkylation sites (N-methyl/N-ethyl adjacent to an activating group) is 1. The number of hydrogen-bond acceptors (Lipinski definition) is 8. The number of anilines is 2. The van der Waals surface area contributed by atoms with E-state index in [1.807, 2.05) is 14.1 Å². The third kappa shape index (κ3) is 5.86. The molecule has 1 aromatic rings. The number of carbonyl (C=O) groups excluding carboxylic acids is 3. The van der Waals surface area contributed by atoms with Gasteiger partial charge in [0, 0.05) is 6.54 Å². The quantitative estimate of drug-likeness (QED) is 0.113. The fraction of sp³-hybridized carbons (Fsp3) is 0.462. The maximum Gasteiger partial charge on any atom is 0.335 e. The van der Waals surface area contributed by atoms with E-state index >= 15 is 0 Å². The smallest absolute Gasteiger partial charge is 0.335 e. The van der Waals surface area contributed by atoms with E-state index in [9.17, 15) is 14.4 Å². The predicted molar refractivity (Wildman–Crippen MR) is 103 cm³/mol.